The average molecular weight is 367 g/mol. The van der Waals surface area contributed by atoms with Gasteiger partial charge in [-0.1, -0.05) is 0 Å². The molecule has 0 saturated carbocycles. The number of fused-ring (bicyclic) bond motifs is 1. The Hall–Kier alpha value is -1.14. The number of halogens is 1. The Morgan fingerprint density at radius 3 is 2.84 bits per heavy atom. The van der Waals surface area contributed by atoms with Gasteiger partial charge < -0.3 is 0 Å². The molecular formula is C15H16IN2O-. The molecule has 3 nitrogen and oxygen atoms in total. The summed E-state index contributed by atoms with van der Waals surface area (Å²) in [5.41, 5.74) is 0.904. The van der Waals surface area contributed by atoms with E-state index in [9.17, 15) is 4.79 Å². The van der Waals surface area contributed by atoms with Crippen molar-refractivity contribution in [3.05, 3.63) is 42.5 Å². The van der Waals surface area contributed by atoms with Crippen LogP contribution in [0.5, 0.6) is 0 Å². The van der Waals surface area contributed by atoms with Gasteiger partial charge >= 0.3 is 123 Å². The van der Waals surface area contributed by atoms with Crippen LogP contribution < -0.4 is 31.8 Å². The fraction of sp³-hybridized carbons (Fsp3) is 0.267. The van der Waals surface area contributed by atoms with Crippen molar-refractivity contribution in [1.82, 2.24) is 5.32 Å². The number of anilines is 1. The molecule has 2 aromatic rings. The minimum absolute atomic E-state index is 0.202. The molecule has 3 rings (SSSR count). The Morgan fingerprint density at radius 1 is 1.21 bits per heavy atom. The number of amides is 1. The third-order valence-corrected chi connectivity index (χ3v) is 5.87. The Balaban J connectivity index is 1.68. The summed E-state index contributed by atoms with van der Waals surface area (Å²) in [5.74, 6) is 0. The van der Waals surface area contributed by atoms with E-state index in [2.05, 4.69) is 28.8 Å². The maximum atomic E-state index is 12.0. The fourth-order valence-electron chi connectivity index (χ4n) is 2.26. The third-order valence-electron chi connectivity index (χ3n) is 3.22. The van der Waals surface area contributed by atoms with Crippen molar-refractivity contribution < 1.29 is 26.0 Å². The summed E-state index contributed by atoms with van der Waals surface area (Å²) >= 11 is -0.473. The van der Waals surface area contributed by atoms with Gasteiger partial charge in [-0.15, -0.1) is 0 Å². The third kappa shape index (κ3) is 3.25. The van der Waals surface area contributed by atoms with Crippen molar-refractivity contribution in [3.8, 4) is 0 Å². The molecule has 0 radical (unpaired) electrons. The predicted molar refractivity (Wildman–Crippen MR) is 74.0 cm³/mol. The number of benzene rings is 2. The molecule has 100 valence electrons. The number of carbonyl (C=O) groups excluding carboxylic acids is 1. The summed E-state index contributed by atoms with van der Waals surface area (Å²) in [6.07, 6.45) is 2.35. The second-order valence-corrected chi connectivity index (χ2v) is 7.74. The molecule has 19 heavy (non-hydrogen) atoms. The topological polar surface area (TPSA) is 41.1 Å². The van der Waals surface area contributed by atoms with Crippen molar-refractivity contribution in [2.24, 2.45) is 0 Å². The van der Waals surface area contributed by atoms with Gasteiger partial charge in [-0.05, 0) is 0 Å². The van der Waals surface area contributed by atoms with Gasteiger partial charge in [-0.25, -0.2) is 0 Å². The minimum atomic E-state index is -0.473. The van der Waals surface area contributed by atoms with Crippen LogP contribution in [0.1, 0.15) is 12.8 Å². The summed E-state index contributed by atoms with van der Waals surface area (Å²) in [4.78, 5) is 12.0. The van der Waals surface area contributed by atoms with Crippen molar-refractivity contribution in [3.63, 3.8) is 0 Å². The summed E-state index contributed by atoms with van der Waals surface area (Å²) in [6, 6.07) is 14.3. The zero-order chi connectivity index (χ0) is 13.1. The molecule has 1 aliphatic heterocycles. The van der Waals surface area contributed by atoms with Crippen LogP contribution in [0.2, 0.25) is 0 Å². The van der Waals surface area contributed by atoms with E-state index in [4.69, 9.17) is 0 Å². The van der Waals surface area contributed by atoms with Crippen molar-refractivity contribution in [1.29, 1.82) is 0 Å². The van der Waals surface area contributed by atoms with E-state index in [0.717, 1.165) is 24.0 Å². The van der Waals surface area contributed by atoms with Crippen molar-refractivity contribution in [2.45, 2.75) is 16.9 Å². The Morgan fingerprint density at radius 2 is 2.05 bits per heavy atom. The summed E-state index contributed by atoms with van der Waals surface area (Å²) < 4.78 is 0.660. The van der Waals surface area contributed by atoms with Gasteiger partial charge in [-0.3, -0.25) is 0 Å². The molecule has 1 fully saturated rings. The van der Waals surface area contributed by atoms with E-state index < -0.39 is 21.2 Å². The molecule has 0 aliphatic carbocycles. The van der Waals surface area contributed by atoms with E-state index >= 15 is 0 Å². The predicted octanol–water partition coefficient (Wildman–Crippen LogP) is 0.170. The van der Waals surface area contributed by atoms with Crippen molar-refractivity contribution >= 4 is 20.4 Å². The second kappa shape index (κ2) is 5.88. The van der Waals surface area contributed by atoms with Crippen LogP contribution in [-0.2, 0) is 0 Å². The van der Waals surface area contributed by atoms with Crippen LogP contribution in [0.3, 0.4) is 0 Å². The van der Waals surface area contributed by atoms with Gasteiger partial charge in [-0.2, -0.15) is 0 Å². The molecule has 0 aromatic heterocycles. The number of alkyl halides is 1. The molecule has 0 spiro atoms. The first-order valence-corrected chi connectivity index (χ1v) is 8.80. The SMILES string of the molecule is O=C(Nc1ccc2ccccc2c1)[I-]C1CCCN1. The number of carbonyl (C=O) groups is 1. The molecule has 2 N–H and O–H groups in total. The van der Waals surface area contributed by atoms with Crippen LogP contribution in [-0.4, -0.2) is 14.5 Å². The van der Waals surface area contributed by atoms with Crippen LogP contribution in [0.25, 0.3) is 10.8 Å². The van der Waals surface area contributed by atoms with Crippen LogP contribution >= 0.6 is 0 Å². The first-order chi connectivity index (χ1) is 9.31. The molecule has 1 heterocycles. The maximum absolute atomic E-state index is 12.0. The number of hydrogen-bond donors (Lipinski definition) is 2. The molecule has 0 bridgehead atoms. The normalized spacial score (nSPS) is 18.8. The van der Waals surface area contributed by atoms with Crippen LogP contribution in [0.4, 0.5) is 10.5 Å². The molecule has 1 aliphatic rings. The average Bonchev–Trinajstić information content (AvgIpc) is 2.91. The van der Waals surface area contributed by atoms with E-state index in [1.165, 1.54) is 11.8 Å². The molecule has 2 aromatic carbocycles. The summed E-state index contributed by atoms with van der Waals surface area (Å²) in [7, 11) is 0. The summed E-state index contributed by atoms with van der Waals surface area (Å²) in [5, 5.41) is 8.79. The fourth-order valence-corrected chi connectivity index (χ4v) is 4.70. The van der Waals surface area contributed by atoms with E-state index in [0.29, 0.717) is 4.05 Å². The molecule has 4 heteroatoms. The van der Waals surface area contributed by atoms with E-state index in [-0.39, 0.29) is 3.91 Å². The molecule has 1 atom stereocenters. The number of hydrogen-bond acceptors (Lipinski definition) is 2. The van der Waals surface area contributed by atoms with E-state index in [1.54, 1.807) is 0 Å². The Labute approximate surface area is 123 Å². The molecule has 1 amide bonds. The standard InChI is InChI=1S/C15H16IN2O/c19-15(16-14-6-3-9-17-14)18-13-8-7-11-4-1-2-5-12(11)10-13/h1-2,4-5,7-8,10,14,17H,3,6,9H2,(H,18,19)/q-1. The van der Waals surface area contributed by atoms with E-state index in [1.807, 2.05) is 24.3 Å². The summed E-state index contributed by atoms with van der Waals surface area (Å²) in [6.45, 7) is 1.06. The van der Waals surface area contributed by atoms with Gasteiger partial charge in [0.2, 0.25) is 0 Å². The number of nitrogens with one attached hydrogen (secondary N) is 2. The Kier molecular flexibility index (Phi) is 3.98. The van der Waals surface area contributed by atoms with Gasteiger partial charge in [0.05, 0.1) is 0 Å². The zero-order valence-corrected chi connectivity index (χ0v) is 12.7. The van der Waals surface area contributed by atoms with Gasteiger partial charge in [0, 0.05) is 0 Å². The molecule has 1 unspecified atom stereocenters. The van der Waals surface area contributed by atoms with Crippen LogP contribution in [0.15, 0.2) is 42.5 Å². The Bertz CT molecular complexity index is 593. The second-order valence-electron chi connectivity index (χ2n) is 4.63. The number of rotatable bonds is 3. The molecular weight excluding hydrogens is 351 g/mol. The van der Waals surface area contributed by atoms with Crippen molar-refractivity contribution in [2.75, 3.05) is 11.9 Å². The first-order valence-electron chi connectivity index (χ1n) is 6.48. The monoisotopic (exact) mass is 367 g/mol. The quantitative estimate of drug-likeness (QED) is 0.352. The zero-order valence-electron chi connectivity index (χ0n) is 10.5. The molecule has 1 saturated heterocycles. The van der Waals surface area contributed by atoms with Gasteiger partial charge in [0.25, 0.3) is 0 Å². The van der Waals surface area contributed by atoms with Gasteiger partial charge in [0.1, 0.15) is 0 Å². The van der Waals surface area contributed by atoms with Crippen LogP contribution in [0, 0.1) is 0 Å². The van der Waals surface area contributed by atoms with Gasteiger partial charge in [0.15, 0.2) is 0 Å². The first kappa shape index (κ1) is 12.9.